The molecule has 1 amide bonds. The fraction of sp³-hybridized carbons (Fsp3) is 0.160. The van der Waals surface area contributed by atoms with Gasteiger partial charge in [0.05, 0.1) is 11.8 Å². The van der Waals surface area contributed by atoms with E-state index in [1.54, 1.807) is 36.4 Å². The zero-order chi connectivity index (χ0) is 22.2. The van der Waals surface area contributed by atoms with Crippen LogP contribution in [0.5, 0.6) is 11.5 Å². The number of hydrogen-bond acceptors (Lipinski definition) is 5. The average molecular weight is 416 g/mol. The molecule has 0 saturated carbocycles. The van der Waals surface area contributed by atoms with E-state index in [9.17, 15) is 9.59 Å². The molecule has 3 rings (SSSR count). The van der Waals surface area contributed by atoms with Crippen LogP contribution in [0.15, 0.2) is 71.8 Å². The summed E-state index contributed by atoms with van der Waals surface area (Å²) < 4.78 is 10.9. The number of nitrogens with one attached hydrogen (secondary N) is 1. The fourth-order valence-corrected chi connectivity index (χ4v) is 2.79. The van der Waals surface area contributed by atoms with Crippen LogP contribution in [0.25, 0.3) is 0 Å². The van der Waals surface area contributed by atoms with Crippen LogP contribution < -0.4 is 14.9 Å². The molecule has 0 aliphatic rings. The number of carbonyl (C=O) groups is 2. The molecule has 31 heavy (non-hydrogen) atoms. The SMILES string of the molecule is Cc1ccc(C(=O)Oc2ccc(/C=N/NC(=O)COc3ccc(C)cc3C)cc2)cc1. The van der Waals surface area contributed by atoms with Gasteiger partial charge >= 0.3 is 5.97 Å². The van der Waals surface area contributed by atoms with Crippen LogP contribution >= 0.6 is 0 Å². The van der Waals surface area contributed by atoms with E-state index in [1.165, 1.54) is 6.21 Å². The second-order valence-electron chi connectivity index (χ2n) is 7.18. The Hall–Kier alpha value is -3.93. The standard InChI is InChI=1S/C25H24N2O4/c1-17-4-9-21(10-5-17)25(29)31-22-11-7-20(8-12-22)15-26-27-24(28)16-30-23-13-6-18(2)14-19(23)3/h4-15H,16H2,1-3H3,(H,27,28)/b26-15+. The van der Waals surface area contributed by atoms with E-state index in [4.69, 9.17) is 9.47 Å². The first kappa shape index (κ1) is 21.8. The molecule has 0 aromatic heterocycles. The third-order valence-electron chi connectivity index (χ3n) is 4.47. The minimum atomic E-state index is -0.419. The van der Waals surface area contributed by atoms with Gasteiger partial charge in [0.2, 0.25) is 0 Å². The quantitative estimate of drug-likeness (QED) is 0.269. The van der Waals surface area contributed by atoms with Gasteiger partial charge in [0, 0.05) is 0 Å². The topological polar surface area (TPSA) is 77.0 Å². The Kier molecular flexibility index (Phi) is 7.17. The van der Waals surface area contributed by atoms with Gasteiger partial charge in [0.15, 0.2) is 6.61 Å². The van der Waals surface area contributed by atoms with Crippen LogP contribution in [0, 0.1) is 20.8 Å². The predicted molar refractivity (Wildman–Crippen MR) is 120 cm³/mol. The Labute approximate surface area is 181 Å². The summed E-state index contributed by atoms with van der Waals surface area (Å²) in [5, 5.41) is 3.92. The summed E-state index contributed by atoms with van der Waals surface area (Å²) >= 11 is 0. The second kappa shape index (κ2) is 10.2. The monoisotopic (exact) mass is 416 g/mol. The van der Waals surface area contributed by atoms with Crippen LogP contribution in [0.4, 0.5) is 0 Å². The molecule has 0 aliphatic carbocycles. The first-order valence-electron chi connectivity index (χ1n) is 9.81. The van der Waals surface area contributed by atoms with Gasteiger partial charge < -0.3 is 9.47 Å². The molecule has 0 heterocycles. The van der Waals surface area contributed by atoms with Crippen molar-refractivity contribution in [3.63, 3.8) is 0 Å². The van der Waals surface area contributed by atoms with Crippen molar-refractivity contribution in [1.82, 2.24) is 5.43 Å². The maximum atomic E-state index is 12.2. The fourth-order valence-electron chi connectivity index (χ4n) is 2.79. The van der Waals surface area contributed by atoms with Gasteiger partial charge in [-0.3, -0.25) is 4.79 Å². The van der Waals surface area contributed by atoms with Crippen LogP contribution in [0.3, 0.4) is 0 Å². The second-order valence-corrected chi connectivity index (χ2v) is 7.18. The molecule has 0 fully saturated rings. The van der Waals surface area contributed by atoms with Gasteiger partial charge in [0.1, 0.15) is 11.5 Å². The zero-order valence-electron chi connectivity index (χ0n) is 17.7. The highest BCUT2D eigenvalue weighted by Gasteiger charge is 2.08. The molecule has 6 nitrogen and oxygen atoms in total. The number of hydrazone groups is 1. The number of ether oxygens (including phenoxy) is 2. The van der Waals surface area contributed by atoms with E-state index < -0.39 is 5.97 Å². The molecule has 0 aliphatic heterocycles. The summed E-state index contributed by atoms with van der Waals surface area (Å²) in [6.45, 7) is 5.75. The lowest BCUT2D eigenvalue weighted by atomic mass is 10.1. The van der Waals surface area contributed by atoms with Crippen molar-refractivity contribution in [2.24, 2.45) is 5.10 Å². The maximum absolute atomic E-state index is 12.2. The lowest BCUT2D eigenvalue weighted by molar-refractivity contribution is -0.123. The van der Waals surface area contributed by atoms with E-state index in [0.29, 0.717) is 17.1 Å². The molecule has 3 aromatic rings. The summed E-state index contributed by atoms with van der Waals surface area (Å²) in [6.07, 6.45) is 1.50. The summed E-state index contributed by atoms with van der Waals surface area (Å²) in [6, 6.07) is 19.7. The van der Waals surface area contributed by atoms with Crippen LogP contribution in [-0.2, 0) is 4.79 Å². The maximum Gasteiger partial charge on any atom is 0.343 e. The Morgan fingerprint density at radius 2 is 1.58 bits per heavy atom. The minimum absolute atomic E-state index is 0.130. The summed E-state index contributed by atoms with van der Waals surface area (Å²) in [4.78, 5) is 24.1. The summed E-state index contributed by atoms with van der Waals surface area (Å²) in [5.74, 6) is 0.312. The van der Waals surface area contributed by atoms with Crippen molar-refractivity contribution in [3.8, 4) is 11.5 Å². The van der Waals surface area contributed by atoms with E-state index >= 15 is 0 Å². The van der Waals surface area contributed by atoms with Crippen LogP contribution in [0.2, 0.25) is 0 Å². The first-order chi connectivity index (χ1) is 14.9. The molecule has 0 radical (unpaired) electrons. The normalized spacial score (nSPS) is 10.7. The highest BCUT2D eigenvalue weighted by Crippen LogP contribution is 2.18. The Balaban J connectivity index is 1.47. The largest absolute Gasteiger partial charge is 0.483 e. The molecule has 158 valence electrons. The first-order valence-corrected chi connectivity index (χ1v) is 9.81. The van der Waals surface area contributed by atoms with Crippen molar-refractivity contribution in [2.45, 2.75) is 20.8 Å². The third kappa shape index (κ3) is 6.54. The number of benzene rings is 3. The molecule has 1 N–H and O–H groups in total. The summed E-state index contributed by atoms with van der Waals surface area (Å²) in [5.41, 5.74) is 6.83. The predicted octanol–water partition coefficient (Wildman–Crippen LogP) is 4.36. The smallest absolute Gasteiger partial charge is 0.343 e. The average Bonchev–Trinajstić information content (AvgIpc) is 2.75. The third-order valence-corrected chi connectivity index (χ3v) is 4.47. The lowest BCUT2D eigenvalue weighted by Gasteiger charge is -2.08. The molecule has 0 spiro atoms. The molecular formula is C25H24N2O4. The molecule has 6 heteroatoms. The van der Waals surface area contributed by atoms with Gasteiger partial charge in [-0.1, -0.05) is 35.4 Å². The summed E-state index contributed by atoms with van der Waals surface area (Å²) in [7, 11) is 0. The van der Waals surface area contributed by atoms with E-state index in [0.717, 1.165) is 22.3 Å². The zero-order valence-corrected chi connectivity index (χ0v) is 17.7. The van der Waals surface area contributed by atoms with Gasteiger partial charge in [-0.2, -0.15) is 5.10 Å². The Morgan fingerprint density at radius 1 is 0.903 bits per heavy atom. The highest BCUT2D eigenvalue weighted by molar-refractivity contribution is 5.91. The lowest BCUT2D eigenvalue weighted by Crippen LogP contribution is -2.24. The number of nitrogens with zero attached hydrogens (tertiary/aromatic N) is 1. The number of hydrogen-bond donors (Lipinski definition) is 1. The molecule has 0 saturated heterocycles. The van der Waals surface area contributed by atoms with Gasteiger partial charge in [-0.15, -0.1) is 0 Å². The van der Waals surface area contributed by atoms with Gasteiger partial charge in [0.25, 0.3) is 5.91 Å². The van der Waals surface area contributed by atoms with Crippen molar-refractivity contribution < 1.29 is 19.1 Å². The van der Waals surface area contributed by atoms with Crippen LogP contribution in [-0.4, -0.2) is 24.7 Å². The minimum Gasteiger partial charge on any atom is -0.483 e. The molecular weight excluding hydrogens is 392 g/mol. The number of amides is 1. The van der Waals surface area contributed by atoms with E-state index in [-0.39, 0.29) is 12.5 Å². The molecule has 0 atom stereocenters. The van der Waals surface area contributed by atoms with E-state index in [2.05, 4.69) is 10.5 Å². The van der Waals surface area contributed by atoms with Crippen molar-refractivity contribution >= 4 is 18.1 Å². The number of aryl methyl sites for hydroxylation is 3. The molecule has 3 aromatic carbocycles. The van der Waals surface area contributed by atoms with Gasteiger partial charge in [-0.25, -0.2) is 10.2 Å². The number of carbonyl (C=O) groups excluding carboxylic acids is 2. The van der Waals surface area contributed by atoms with Crippen LogP contribution in [0.1, 0.15) is 32.6 Å². The number of rotatable bonds is 7. The van der Waals surface area contributed by atoms with Crippen molar-refractivity contribution in [3.05, 3.63) is 94.5 Å². The molecule has 0 unspecified atom stereocenters. The Bertz CT molecular complexity index is 1090. The Morgan fingerprint density at radius 3 is 2.26 bits per heavy atom. The van der Waals surface area contributed by atoms with Gasteiger partial charge in [-0.05, 0) is 74.4 Å². The van der Waals surface area contributed by atoms with Crippen molar-refractivity contribution in [2.75, 3.05) is 6.61 Å². The van der Waals surface area contributed by atoms with Crippen molar-refractivity contribution in [1.29, 1.82) is 0 Å². The highest BCUT2D eigenvalue weighted by atomic mass is 16.5. The molecule has 0 bridgehead atoms. The number of esters is 1. The van der Waals surface area contributed by atoms with E-state index in [1.807, 2.05) is 51.1 Å².